The van der Waals surface area contributed by atoms with Crippen molar-refractivity contribution in [2.45, 2.75) is 38.6 Å². The number of piperidine rings is 1. The van der Waals surface area contributed by atoms with Crippen molar-refractivity contribution in [2.75, 3.05) is 19.6 Å². The van der Waals surface area contributed by atoms with E-state index in [2.05, 4.69) is 17.1 Å². The first kappa shape index (κ1) is 9.97. The van der Waals surface area contributed by atoms with Crippen molar-refractivity contribution in [3.63, 3.8) is 0 Å². The number of rotatable bonds is 1. The molecule has 0 aromatic heterocycles. The van der Waals surface area contributed by atoms with E-state index in [0.717, 1.165) is 32.5 Å². The predicted molar refractivity (Wildman–Crippen MR) is 56.0 cm³/mol. The SMILES string of the molecule is C[C@H]1CCCN(C(=O)[C@@H]2CCCN2)C1. The molecule has 2 fully saturated rings. The Morgan fingerprint density at radius 1 is 1.36 bits per heavy atom. The first-order valence-corrected chi connectivity index (χ1v) is 5.79. The van der Waals surface area contributed by atoms with Crippen molar-refractivity contribution in [1.29, 1.82) is 0 Å². The molecule has 0 aliphatic carbocycles. The second kappa shape index (κ2) is 4.30. The van der Waals surface area contributed by atoms with E-state index in [1.165, 1.54) is 12.8 Å². The lowest BCUT2D eigenvalue weighted by molar-refractivity contribution is -0.134. The van der Waals surface area contributed by atoms with Crippen LogP contribution in [0.4, 0.5) is 0 Å². The maximum atomic E-state index is 12.0. The molecule has 3 heteroatoms. The van der Waals surface area contributed by atoms with Crippen molar-refractivity contribution in [2.24, 2.45) is 5.92 Å². The number of nitrogens with zero attached hydrogens (tertiary/aromatic N) is 1. The molecule has 3 nitrogen and oxygen atoms in total. The Morgan fingerprint density at radius 3 is 2.86 bits per heavy atom. The number of carbonyl (C=O) groups is 1. The Morgan fingerprint density at radius 2 is 2.21 bits per heavy atom. The third-order valence-electron chi connectivity index (χ3n) is 3.33. The maximum Gasteiger partial charge on any atom is 0.239 e. The zero-order chi connectivity index (χ0) is 9.97. The van der Waals surface area contributed by atoms with Crippen LogP contribution in [0.2, 0.25) is 0 Å². The van der Waals surface area contributed by atoms with Gasteiger partial charge in [-0.05, 0) is 38.1 Å². The highest BCUT2D eigenvalue weighted by Gasteiger charge is 2.28. The van der Waals surface area contributed by atoms with Crippen molar-refractivity contribution < 1.29 is 4.79 Å². The van der Waals surface area contributed by atoms with E-state index in [9.17, 15) is 4.79 Å². The summed E-state index contributed by atoms with van der Waals surface area (Å²) in [5, 5.41) is 3.28. The van der Waals surface area contributed by atoms with E-state index in [0.29, 0.717) is 11.8 Å². The van der Waals surface area contributed by atoms with Gasteiger partial charge in [-0.2, -0.15) is 0 Å². The molecule has 2 aliphatic rings. The summed E-state index contributed by atoms with van der Waals surface area (Å²) in [5.41, 5.74) is 0. The number of hydrogen-bond donors (Lipinski definition) is 1. The first-order chi connectivity index (χ1) is 6.77. The highest BCUT2D eigenvalue weighted by molar-refractivity contribution is 5.82. The Balaban J connectivity index is 1.89. The van der Waals surface area contributed by atoms with E-state index in [4.69, 9.17) is 0 Å². The van der Waals surface area contributed by atoms with Crippen LogP contribution in [0.25, 0.3) is 0 Å². The van der Waals surface area contributed by atoms with Gasteiger partial charge in [-0.15, -0.1) is 0 Å². The summed E-state index contributed by atoms with van der Waals surface area (Å²) in [7, 11) is 0. The lowest BCUT2D eigenvalue weighted by atomic mass is 9.99. The molecule has 0 spiro atoms. The first-order valence-electron chi connectivity index (χ1n) is 5.79. The molecule has 2 atom stereocenters. The normalized spacial score (nSPS) is 33.4. The van der Waals surface area contributed by atoms with E-state index < -0.39 is 0 Å². The minimum Gasteiger partial charge on any atom is -0.341 e. The van der Waals surface area contributed by atoms with Crippen LogP contribution in [0.3, 0.4) is 0 Å². The van der Waals surface area contributed by atoms with Crippen LogP contribution in [0.15, 0.2) is 0 Å². The van der Waals surface area contributed by atoms with Gasteiger partial charge in [-0.1, -0.05) is 6.92 Å². The average molecular weight is 196 g/mol. The predicted octanol–water partition coefficient (Wildman–Crippen LogP) is 0.997. The van der Waals surface area contributed by atoms with Crippen LogP contribution in [0, 0.1) is 5.92 Å². The molecule has 14 heavy (non-hydrogen) atoms. The number of nitrogens with one attached hydrogen (secondary N) is 1. The van der Waals surface area contributed by atoms with E-state index in [-0.39, 0.29) is 6.04 Å². The largest absolute Gasteiger partial charge is 0.341 e. The summed E-state index contributed by atoms with van der Waals surface area (Å²) in [5.74, 6) is 1.03. The second-order valence-corrected chi connectivity index (χ2v) is 4.68. The Kier molecular flexibility index (Phi) is 3.06. The van der Waals surface area contributed by atoms with Gasteiger partial charge in [0.15, 0.2) is 0 Å². The van der Waals surface area contributed by atoms with Gasteiger partial charge in [-0.25, -0.2) is 0 Å². The summed E-state index contributed by atoms with van der Waals surface area (Å²) in [6.07, 6.45) is 4.64. The molecule has 2 rings (SSSR count). The second-order valence-electron chi connectivity index (χ2n) is 4.68. The Hall–Kier alpha value is -0.570. The van der Waals surface area contributed by atoms with Gasteiger partial charge in [0.2, 0.25) is 5.91 Å². The smallest absolute Gasteiger partial charge is 0.239 e. The van der Waals surface area contributed by atoms with Crippen LogP contribution in [0.1, 0.15) is 32.6 Å². The molecule has 2 aliphatic heterocycles. The summed E-state index contributed by atoms with van der Waals surface area (Å²) < 4.78 is 0. The number of likely N-dealkylation sites (tertiary alicyclic amines) is 1. The van der Waals surface area contributed by atoms with E-state index >= 15 is 0 Å². The zero-order valence-corrected chi connectivity index (χ0v) is 8.96. The third kappa shape index (κ3) is 2.08. The van der Waals surface area contributed by atoms with Gasteiger partial charge in [0.25, 0.3) is 0 Å². The molecule has 0 unspecified atom stereocenters. The highest BCUT2D eigenvalue weighted by Crippen LogP contribution is 2.18. The molecule has 1 amide bonds. The molecular formula is C11H20N2O. The summed E-state index contributed by atoms with van der Waals surface area (Å²) in [4.78, 5) is 14.1. The molecule has 1 N–H and O–H groups in total. The minimum atomic E-state index is 0.125. The molecule has 80 valence electrons. The van der Waals surface area contributed by atoms with Crippen molar-refractivity contribution in [1.82, 2.24) is 10.2 Å². The highest BCUT2D eigenvalue weighted by atomic mass is 16.2. The Bertz CT molecular complexity index is 211. The van der Waals surface area contributed by atoms with Gasteiger partial charge < -0.3 is 10.2 Å². The topological polar surface area (TPSA) is 32.3 Å². The van der Waals surface area contributed by atoms with Gasteiger partial charge >= 0.3 is 0 Å². The number of carbonyl (C=O) groups excluding carboxylic acids is 1. The maximum absolute atomic E-state index is 12.0. The summed E-state index contributed by atoms with van der Waals surface area (Å²) in [6, 6.07) is 0.125. The van der Waals surface area contributed by atoms with Crippen molar-refractivity contribution in [3.05, 3.63) is 0 Å². The third-order valence-corrected chi connectivity index (χ3v) is 3.33. The summed E-state index contributed by atoms with van der Waals surface area (Å²) >= 11 is 0. The van der Waals surface area contributed by atoms with Crippen LogP contribution in [-0.2, 0) is 4.79 Å². The summed E-state index contributed by atoms with van der Waals surface area (Å²) in [6.45, 7) is 5.19. The van der Waals surface area contributed by atoms with E-state index in [1.54, 1.807) is 0 Å². The molecule has 0 aromatic rings. The molecule has 0 bridgehead atoms. The molecule has 0 saturated carbocycles. The lowest BCUT2D eigenvalue weighted by Gasteiger charge is -2.32. The van der Waals surface area contributed by atoms with Crippen LogP contribution in [0.5, 0.6) is 0 Å². The van der Waals surface area contributed by atoms with Gasteiger partial charge in [0, 0.05) is 13.1 Å². The monoisotopic (exact) mass is 196 g/mol. The van der Waals surface area contributed by atoms with Crippen LogP contribution in [-0.4, -0.2) is 36.5 Å². The fourth-order valence-electron chi connectivity index (χ4n) is 2.51. The lowest BCUT2D eigenvalue weighted by Crippen LogP contribution is -2.47. The molecule has 2 heterocycles. The average Bonchev–Trinajstić information content (AvgIpc) is 2.69. The van der Waals surface area contributed by atoms with Crippen LogP contribution >= 0.6 is 0 Å². The quantitative estimate of drug-likeness (QED) is 0.678. The zero-order valence-electron chi connectivity index (χ0n) is 8.96. The number of amides is 1. The number of hydrogen-bond acceptors (Lipinski definition) is 2. The molecule has 2 saturated heterocycles. The fraction of sp³-hybridized carbons (Fsp3) is 0.909. The van der Waals surface area contributed by atoms with Crippen molar-refractivity contribution in [3.8, 4) is 0 Å². The minimum absolute atomic E-state index is 0.125. The molecular weight excluding hydrogens is 176 g/mol. The fourth-order valence-corrected chi connectivity index (χ4v) is 2.51. The molecule has 0 aromatic carbocycles. The van der Waals surface area contributed by atoms with E-state index in [1.807, 2.05) is 0 Å². The molecule has 0 radical (unpaired) electrons. The van der Waals surface area contributed by atoms with Crippen LogP contribution < -0.4 is 5.32 Å². The van der Waals surface area contributed by atoms with Gasteiger partial charge in [0.05, 0.1) is 6.04 Å². The van der Waals surface area contributed by atoms with Crippen molar-refractivity contribution >= 4 is 5.91 Å². The van der Waals surface area contributed by atoms with Gasteiger partial charge in [-0.3, -0.25) is 4.79 Å². The Labute approximate surface area is 85.8 Å². The standard InChI is InChI=1S/C11H20N2O/c1-9-4-3-7-13(8-9)11(14)10-5-2-6-12-10/h9-10,12H,2-8H2,1H3/t9-,10-/m0/s1. The van der Waals surface area contributed by atoms with Gasteiger partial charge in [0.1, 0.15) is 0 Å².